The van der Waals surface area contributed by atoms with Crippen LogP contribution in [0.5, 0.6) is 0 Å². The minimum Gasteiger partial charge on any atom is -0.353 e. The second-order valence-electron chi connectivity index (χ2n) is 6.29. The fraction of sp³-hybridized carbons (Fsp3) is 0.800. The van der Waals surface area contributed by atoms with Crippen molar-refractivity contribution in [2.45, 2.75) is 57.9 Å². The van der Waals surface area contributed by atoms with Gasteiger partial charge in [0.15, 0.2) is 0 Å². The normalized spacial score (nSPS) is 20.9. The Morgan fingerprint density at radius 3 is 2.57 bits per heavy atom. The first kappa shape index (κ1) is 14.8. The van der Waals surface area contributed by atoms with Gasteiger partial charge in [-0.25, -0.2) is 0 Å². The summed E-state index contributed by atoms with van der Waals surface area (Å²) >= 11 is 1.66. The van der Waals surface area contributed by atoms with Crippen LogP contribution in [0.4, 0.5) is 5.13 Å². The summed E-state index contributed by atoms with van der Waals surface area (Å²) in [5, 5.41) is 13.5. The Balaban J connectivity index is 1.42. The van der Waals surface area contributed by atoms with Gasteiger partial charge in [0.1, 0.15) is 5.01 Å². The Bertz CT molecular complexity index is 476. The van der Waals surface area contributed by atoms with Crippen LogP contribution in [0.3, 0.4) is 0 Å². The highest BCUT2D eigenvalue weighted by Gasteiger charge is 2.24. The van der Waals surface area contributed by atoms with Crippen LogP contribution >= 0.6 is 11.3 Å². The van der Waals surface area contributed by atoms with Gasteiger partial charge in [-0.15, -0.1) is 10.2 Å². The molecule has 1 saturated heterocycles. The minimum absolute atomic E-state index is 0.257. The van der Waals surface area contributed by atoms with Gasteiger partial charge >= 0.3 is 0 Å². The van der Waals surface area contributed by atoms with Crippen molar-refractivity contribution >= 4 is 22.4 Å². The molecular formula is C15H24N4OS. The maximum atomic E-state index is 12.1. The van der Waals surface area contributed by atoms with Gasteiger partial charge in [-0.3, -0.25) is 4.79 Å². The van der Waals surface area contributed by atoms with E-state index < -0.39 is 0 Å². The van der Waals surface area contributed by atoms with Crippen molar-refractivity contribution in [3.8, 4) is 0 Å². The number of carbonyl (C=O) groups excluding carboxylic acids is 1. The smallest absolute Gasteiger partial charge is 0.220 e. The van der Waals surface area contributed by atoms with Gasteiger partial charge in [0.05, 0.1) is 0 Å². The number of anilines is 1. The van der Waals surface area contributed by atoms with Gasteiger partial charge in [-0.2, -0.15) is 0 Å². The van der Waals surface area contributed by atoms with E-state index in [4.69, 9.17) is 0 Å². The summed E-state index contributed by atoms with van der Waals surface area (Å²) < 4.78 is 0. The number of amides is 1. The molecule has 21 heavy (non-hydrogen) atoms. The third kappa shape index (κ3) is 3.93. The molecule has 2 fully saturated rings. The van der Waals surface area contributed by atoms with E-state index in [1.807, 2.05) is 6.92 Å². The average Bonchev–Trinajstić information content (AvgIpc) is 3.11. The maximum Gasteiger partial charge on any atom is 0.220 e. The second-order valence-corrected chi connectivity index (χ2v) is 7.45. The van der Waals surface area contributed by atoms with Crippen LogP contribution in [-0.2, 0) is 4.79 Å². The quantitative estimate of drug-likeness (QED) is 0.928. The van der Waals surface area contributed by atoms with E-state index >= 15 is 0 Å². The molecule has 1 aromatic heterocycles. The number of aromatic nitrogens is 2. The number of aryl methyl sites for hydroxylation is 1. The fourth-order valence-corrected chi connectivity index (χ4v) is 4.10. The van der Waals surface area contributed by atoms with Gasteiger partial charge in [-0.1, -0.05) is 24.2 Å². The number of nitrogens with zero attached hydrogens (tertiary/aromatic N) is 3. The van der Waals surface area contributed by atoms with E-state index in [0.29, 0.717) is 18.4 Å². The SMILES string of the molecule is Cc1nnc(N2CCC(CC(=O)NC3CCCC3)CC2)s1. The molecule has 0 unspecified atom stereocenters. The third-order valence-corrected chi connectivity index (χ3v) is 5.49. The number of piperidine rings is 1. The van der Waals surface area contributed by atoms with Crippen molar-refractivity contribution in [1.82, 2.24) is 15.5 Å². The molecule has 0 atom stereocenters. The molecular weight excluding hydrogens is 284 g/mol. The van der Waals surface area contributed by atoms with Gasteiger partial charge < -0.3 is 10.2 Å². The molecule has 1 saturated carbocycles. The Kier molecular flexibility index (Phi) is 4.73. The summed E-state index contributed by atoms with van der Waals surface area (Å²) in [6, 6.07) is 0.446. The molecule has 0 radical (unpaired) electrons. The molecule has 116 valence electrons. The predicted molar refractivity (Wildman–Crippen MR) is 84.6 cm³/mol. The highest BCUT2D eigenvalue weighted by atomic mass is 32.1. The summed E-state index contributed by atoms with van der Waals surface area (Å²) in [5.74, 6) is 0.781. The first-order valence-electron chi connectivity index (χ1n) is 8.05. The zero-order valence-corrected chi connectivity index (χ0v) is 13.5. The summed E-state index contributed by atoms with van der Waals surface area (Å²) in [6.45, 7) is 3.98. The fourth-order valence-electron chi connectivity index (χ4n) is 3.36. The second kappa shape index (κ2) is 6.73. The Labute approximate surface area is 130 Å². The lowest BCUT2D eigenvalue weighted by molar-refractivity contribution is -0.122. The molecule has 1 aliphatic carbocycles. The first-order chi connectivity index (χ1) is 10.2. The van der Waals surface area contributed by atoms with Crippen molar-refractivity contribution in [1.29, 1.82) is 0 Å². The number of hydrogen-bond acceptors (Lipinski definition) is 5. The predicted octanol–water partition coefficient (Wildman–Crippen LogP) is 2.51. The third-order valence-electron chi connectivity index (χ3n) is 4.59. The Hall–Kier alpha value is -1.17. The van der Waals surface area contributed by atoms with Crippen molar-refractivity contribution in [2.75, 3.05) is 18.0 Å². The molecule has 1 aromatic rings. The summed E-state index contributed by atoms with van der Waals surface area (Å²) in [5.41, 5.74) is 0. The first-order valence-corrected chi connectivity index (χ1v) is 8.87. The zero-order valence-electron chi connectivity index (χ0n) is 12.7. The maximum absolute atomic E-state index is 12.1. The molecule has 5 nitrogen and oxygen atoms in total. The van der Waals surface area contributed by atoms with Crippen molar-refractivity contribution in [3.05, 3.63) is 5.01 Å². The molecule has 0 bridgehead atoms. The standard InChI is InChI=1S/C15H24N4OS/c1-11-17-18-15(21-11)19-8-6-12(7-9-19)10-14(20)16-13-4-2-3-5-13/h12-13H,2-10H2,1H3,(H,16,20). The average molecular weight is 308 g/mol. The monoisotopic (exact) mass is 308 g/mol. The molecule has 0 spiro atoms. The van der Waals surface area contributed by atoms with Gasteiger partial charge in [0.2, 0.25) is 11.0 Å². The van der Waals surface area contributed by atoms with Crippen LogP contribution in [-0.4, -0.2) is 35.2 Å². The number of carbonyl (C=O) groups is 1. The summed E-state index contributed by atoms with van der Waals surface area (Å²) in [6.07, 6.45) is 7.73. The minimum atomic E-state index is 0.257. The summed E-state index contributed by atoms with van der Waals surface area (Å²) in [4.78, 5) is 14.4. The number of hydrogen-bond donors (Lipinski definition) is 1. The van der Waals surface area contributed by atoms with Crippen molar-refractivity contribution in [3.63, 3.8) is 0 Å². The topological polar surface area (TPSA) is 58.1 Å². The molecule has 3 rings (SSSR count). The van der Waals surface area contributed by atoms with Crippen molar-refractivity contribution in [2.24, 2.45) is 5.92 Å². The molecule has 2 aliphatic rings. The van der Waals surface area contributed by atoms with Gasteiger partial charge in [0.25, 0.3) is 0 Å². The highest BCUT2D eigenvalue weighted by molar-refractivity contribution is 7.15. The largest absolute Gasteiger partial charge is 0.353 e. The number of rotatable bonds is 4. The van der Waals surface area contributed by atoms with Crippen LogP contribution < -0.4 is 10.2 Å². The number of nitrogens with one attached hydrogen (secondary N) is 1. The Morgan fingerprint density at radius 1 is 1.24 bits per heavy atom. The van der Waals surface area contributed by atoms with Gasteiger partial charge in [-0.05, 0) is 38.5 Å². The van der Waals surface area contributed by atoms with E-state index in [0.717, 1.165) is 36.1 Å². The van der Waals surface area contributed by atoms with Crippen LogP contribution in [0.2, 0.25) is 0 Å². The van der Waals surface area contributed by atoms with E-state index in [-0.39, 0.29) is 5.91 Å². The van der Waals surface area contributed by atoms with Crippen LogP contribution in [0.25, 0.3) is 0 Å². The molecule has 1 N–H and O–H groups in total. The van der Waals surface area contributed by atoms with E-state index in [1.54, 1.807) is 11.3 Å². The lowest BCUT2D eigenvalue weighted by Gasteiger charge is -2.31. The molecule has 1 aliphatic heterocycles. The highest BCUT2D eigenvalue weighted by Crippen LogP contribution is 2.27. The van der Waals surface area contributed by atoms with E-state index in [2.05, 4.69) is 20.4 Å². The lowest BCUT2D eigenvalue weighted by Crippen LogP contribution is -2.38. The van der Waals surface area contributed by atoms with E-state index in [1.165, 1.54) is 25.7 Å². The molecule has 2 heterocycles. The van der Waals surface area contributed by atoms with Crippen LogP contribution in [0, 0.1) is 12.8 Å². The lowest BCUT2D eigenvalue weighted by atomic mass is 9.93. The molecule has 1 amide bonds. The van der Waals surface area contributed by atoms with Crippen molar-refractivity contribution < 1.29 is 4.79 Å². The Morgan fingerprint density at radius 2 is 1.95 bits per heavy atom. The molecule has 0 aromatic carbocycles. The van der Waals surface area contributed by atoms with Crippen LogP contribution in [0.1, 0.15) is 50.0 Å². The zero-order chi connectivity index (χ0) is 14.7. The van der Waals surface area contributed by atoms with Crippen LogP contribution in [0.15, 0.2) is 0 Å². The van der Waals surface area contributed by atoms with E-state index in [9.17, 15) is 4.79 Å². The molecule has 6 heteroatoms. The van der Waals surface area contributed by atoms with Gasteiger partial charge in [0, 0.05) is 25.6 Å². The summed E-state index contributed by atoms with van der Waals surface area (Å²) in [7, 11) is 0.